The van der Waals surface area contributed by atoms with Crippen LogP contribution in [0, 0.1) is 5.82 Å². The van der Waals surface area contributed by atoms with Crippen LogP contribution in [0.15, 0.2) is 66.1 Å². The molecule has 196 valence electrons. The maximum atomic E-state index is 14.9. The maximum absolute atomic E-state index is 14.9. The second-order valence-electron chi connectivity index (χ2n) is 8.73. The van der Waals surface area contributed by atoms with Gasteiger partial charge in [-0.05, 0) is 36.4 Å². The molecule has 2 aromatic heterocycles. The van der Waals surface area contributed by atoms with Gasteiger partial charge in [-0.2, -0.15) is 0 Å². The molecular formula is C28H27FN4O5. The summed E-state index contributed by atoms with van der Waals surface area (Å²) < 4.78 is 37.6. The quantitative estimate of drug-likeness (QED) is 0.312. The summed E-state index contributed by atoms with van der Waals surface area (Å²) in [6.07, 6.45) is 5.51. The minimum Gasteiger partial charge on any atom is -0.493 e. The van der Waals surface area contributed by atoms with E-state index in [1.54, 1.807) is 42.3 Å². The average molecular weight is 519 g/mol. The summed E-state index contributed by atoms with van der Waals surface area (Å²) in [5, 5.41) is 3.84. The van der Waals surface area contributed by atoms with Crippen molar-refractivity contribution in [3.63, 3.8) is 0 Å². The Kier molecular flexibility index (Phi) is 7.12. The number of hydrogen-bond donors (Lipinski definition) is 1. The Hall–Kier alpha value is -4.60. The third-order valence-corrected chi connectivity index (χ3v) is 6.45. The van der Waals surface area contributed by atoms with Gasteiger partial charge in [-0.3, -0.25) is 4.79 Å². The van der Waals surface area contributed by atoms with Gasteiger partial charge in [-0.1, -0.05) is 6.58 Å². The Bertz CT molecular complexity index is 1470. The largest absolute Gasteiger partial charge is 0.493 e. The summed E-state index contributed by atoms with van der Waals surface area (Å²) in [4.78, 5) is 22.4. The van der Waals surface area contributed by atoms with Gasteiger partial charge in [-0.25, -0.2) is 14.4 Å². The van der Waals surface area contributed by atoms with Gasteiger partial charge in [0, 0.05) is 42.9 Å². The molecule has 1 amide bonds. The number of carbonyl (C=O) groups is 1. The second-order valence-corrected chi connectivity index (χ2v) is 8.73. The van der Waals surface area contributed by atoms with E-state index in [1.807, 2.05) is 0 Å². The number of piperidine rings is 1. The van der Waals surface area contributed by atoms with Gasteiger partial charge in [-0.15, -0.1) is 0 Å². The Morgan fingerprint density at radius 3 is 2.66 bits per heavy atom. The standard InChI is InChI=1S/C28H27FN4O5/c1-4-26(34)33-9-7-18(8-10-33)38-25-14-19-21(15-24(25)35-2)30-16-31-28(19)32-22-13-17(23-6-5-11-37-23)12-20(29)27(22)36-3/h4-6,11-16,18H,1,7-10H2,2-3H3,(H,30,31,32). The Morgan fingerprint density at radius 1 is 1.16 bits per heavy atom. The molecule has 4 aromatic rings. The number of anilines is 2. The molecule has 1 fully saturated rings. The fourth-order valence-electron chi connectivity index (χ4n) is 4.52. The average Bonchev–Trinajstić information content (AvgIpc) is 3.48. The molecule has 2 aromatic carbocycles. The first-order valence-corrected chi connectivity index (χ1v) is 12.1. The van der Waals surface area contributed by atoms with Crippen LogP contribution in [-0.2, 0) is 4.79 Å². The summed E-state index contributed by atoms with van der Waals surface area (Å²) in [7, 11) is 2.96. The van der Waals surface area contributed by atoms with E-state index in [9.17, 15) is 9.18 Å². The number of nitrogens with one attached hydrogen (secondary N) is 1. The second kappa shape index (κ2) is 10.8. The zero-order valence-electron chi connectivity index (χ0n) is 21.1. The Morgan fingerprint density at radius 2 is 1.97 bits per heavy atom. The molecular weight excluding hydrogens is 491 g/mol. The molecule has 3 heterocycles. The highest BCUT2D eigenvalue weighted by Gasteiger charge is 2.24. The number of fused-ring (bicyclic) bond motifs is 1. The van der Waals surface area contributed by atoms with Crippen molar-refractivity contribution in [1.29, 1.82) is 0 Å². The first kappa shape index (κ1) is 25.1. The third-order valence-electron chi connectivity index (χ3n) is 6.45. The summed E-state index contributed by atoms with van der Waals surface area (Å²) in [6, 6.07) is 10.1. The fourth-order valence-corrected chi connectivity index (χ4v) is 4.52. The van der Waals surface area contributed by atoms with Gasteiger partial charge < -0.3 is 28.8 Å². The highest BCUT2D eigenvalue weighted by atomic mass is 19.1. The van der Waals surface area contributed by atoms with Crippen molar-refractivity contribution < 1.29 is 27.8 Å². The molecule has 5 rings (SSSR count). The number of carbonyl (C=O) groups excluding carboxylic acids is 1. The summed E-state index contributed by atoms with van der Waals surface area (Å²) >= 11 is 0. The van der Waals surface area contributed by atoms with E-state index >= 15 is 0 Å². The molecule has 9 nitrogen and oxygen atoms in total. The van der Waals surface area contributed by atoms with Crippen LogP contribution in [0.5, 0.6) is 17.2 Å². The number of halogens is 1. The third kappa shape index (κ3) is 4.97. The highest BCUT2D eigenvalue weighted by molar-refractivity contribution is 5.94. The number of nitrogens with zero attached hydrogens (tertiary/aromatic N) is 3. The lowest BCUT2D eigenvalue weighted by molar-refractivity contribution is -0.127. The molecule has 38 heavy (non-hydrogen) atoms. The van der Waals surface area contributed by atoms with Gasteiger partial charge in [0.25, 0.3) is 0 Å². The number of rotatable bonds is 8. The van der Waals surface area contributed by atoms with Gasteiger partial charge in [0.05, 0.1) is 31.7 Å². The Labute approximate surface area is 218 Å². The van der Waals surface area contributed by atoms with E-state index in [0.29, 0.717) is 71.2 Å². The van der Waals surface area contributed by atoms with Crippen LogP contribution in [0.4, 0.5) is 15.9 Å². The number of furan rings is 1. The predicted octanol–water partition coefficient (Wildman–Crippen LogP) is 5.35. The van der Waals surface area contributed by atoms with Crippen LogP contribution in [0.25, 0.3) is 22.2 Å². The lowest BCUT2D eigenvalue weighted by atomic mass is 10.1. The van der Waals surface area contributed by atoms with Crippen LogP contribution in [0.1, 0.15) is 12.8 Å². The van der Waals surface area contributed by atoms with Crippen LogP contribution in [-0.4, -0.2) is 54.2 Å². The molecule has 0 unspecified atom stereocenters. The Balaban J connectivity index is 1.47. The molecule has 0 saturated carbocycles. The molecule has 0 atom stereocenters. The zero-order chi connectivity index (χ0) is 26.6. The molecule has 0 bridgehead atoms. The number of methoxy groups -OCH3 is 2. The molecule has 0 spiro atoms. The number of ether oxygens (including phenoxy) is 3. The van der Waals surface area contributed by atoms with Crippen molar-refractivity contribution in [2.75, 3.05) is 32.6 Å². The molecule has 1 saturated heterocycles. The van der Waals surface area contributed by atoms with Gasteiger partial charge >= 0.3 is 0 Å². The van der Waals surface area contributed by atoms with E-state index in [2.05, 4.69) is 21.9 Å². The number of aromatic nitrogens is 2. The maximum Gasteiger partial charge on any atom is 0.245 e. The van der Waals surface area contributed by atoms with E-state index in [0.717, 1.165) is 0 Å². The van der Waals surface area contributed by atoms with Crippen LogP contribution >= 0.6 is 0 Å². The molecule has 10 heteroatoms. The molecule has 1 aliphatic heterocycles. The van der Waals surface area contributed by atoms with Crippen molar-refractivity contribution >= 4 is 28.3 Å². The lowest BCUT2D eigenvalue weighted by Crippen LogP contribution is -2.41. The zero-order valence-corrected chi connectivity index (χ0v) is 21.1. The summed E-state index contributed by atoms with van der Waals surface area (Å²) in [6.45, 7) is 4.72. The van der Waals surface area contributed by atoms with Gasteiger partial charge in [0.2, 0.25) is 5.91 Å². The minimum absolute atomic E-state index is 0.0397. The van der Waals surface area contributed by atoms with E-state index in [1.165, 1.54) is 31.8 Å². The van der Waals surface area contributed by atoms with Crippen molar-refractivity contribution in [2.45, 2.75) is 18.9 Å². The molecule has 0 radical (unpaired) electrons. The van der Waals surface area contributed by atoms with Crippen molar-refractivity contribution in [2.24, 2.45) is 0 Å². The fraction of sp³-hybridized carbons (Fsp3) is 0.250. The molecule has 1 aliphatic rings. The number of amides is 1. The smallest absolute Gasteiger partial charge is 0.245 e. The number of hydrogen-bond acceptors (Lipinski definition) is 8. The van der Waals surface area contributed by atoms with Crippen molar-refractivity contribution in [1.82, 2.24) is 14.9 Å². The monoisotopic (exact) mass is 518 g/mol. The van der Waals surface area contributed by atoms with E-state index in [4.69, 9.17) is 18.6 Å². The van der Waals surface area contributed by atoms with Crippen LogP contribution < -0.4 is 19.5 Å². The summed E-state index contributed by atoms with van der Waals surface area (Å²) in [5.74, 6) is 1.41. The van der Waals surface area contributed by atoms with E-state index < -0.39 is 5.82 Å². The van der Waals surface area contributed by atoms with Crippen molar-refractivity contribution in [3.8, 4) is 28.6 Å². The number of benzene rings is 2. The normalized spacial score (nSPS) is 13.8. The van der Waals surface area contributed by atoms with Crippen LogP contribution in [0.2, 0.25) is 0 Å². The van der Waals surface area contributed by atoms with Gasteiger partial charge in [0.15, 0.2) is 23.1 Å². The van der Waals surface area contributed by atoms with Crippen LogP contribution in [0.3, 0.4) is 0 Å². The number of likely N-dealkylation sites (tertiary alicyclic amines) is 1. The highest BCUT2D eigenvalue weighted by Crippen LogP contribution is 2.39. The van der Waals surface area contributed by atoms with Gasteiger partial charge in [0.1, 0.15) is 24.0 Å². The van der Waals surface area contributed by atoms with Crippen molar-refractivity contribution in [3.05, 3.63) is 67.5 Å². The lowest BCUT2D eigenvalue weighted by Gasteiger charge is -2.31. The summed E-state index contributed by atoms with van der Waals surface area (Å²) in [5.41, 5.74) is 1.53. The SMILES string of the molecule is C=CC(=O)N1CCC(Oc2cc3c(Nc4cc(-c5ccco5)cc(F)c4OC)ncnc3cc2OC)CC1. The first-order chi connectivity index (χ1) is 18.5. The minimum atomic E-state index is -0.547. The molecule has 0 aliphatic carbocycles. The topological polar surface area (TPSA) is 99.0 Å². The first-order valence-electron chi connectivity index (χ1n) is 12.1. The molecule has 1 N–H and O–H groups in total. The predicted molar refractivity (Wildman–Crippen MR) is 140 cm³/mol. The van der Waals surface area contributed by atoms with E-state index in [-0.39, 0.29) is 17.8 Å².